The minimum absolute atomic E-state index is 0.125. The second-order valence-corrected chi connectivity index (χ2v) is 6.40. The molecule has 0 radical (unpaired) electrons. The first-order valence-corrected chi connectivity index (χ1v) is 8.05. The lowest BCUT2D eigenvalue weighted by Gasteiger charge is -2.31. The molecule has 116 valence electrons. The van der Waals surface area contributed by atoms with Crippen LogP contribution in [-0.4, -0.2) is 34.6 Å². The van der Waals surface area contributed by atoms with Gasteiger partial charge in [0.1, 0.15) is 0 Å². The monoisotopic (exact) mass is 289 g/mol. The Kier molecular flexibility index (Phi) is 5.40. The van der Waals surface area contributed by atoms with Crippen LogP contribution in [0.15, 0.2) is 18.2 Å². The van der Waals surface area contributed by atoms with Crippen molar-refractivity contribution in [1.82, 2.24) is 4.90 Å². The number of carbonyl (C=O) groups excluding carboxylic acids is 1. The number of benzene rings is 1. The predicted octanol–water partition coefficient (Wildman–Crippen LogP) is 3.46. The Labute approximate surface area is 128 Å². The maximum absolute atomic E-state index is 12.9. The van der Waals surface area contributed by atoms with Crippen LogP contribution in [0.3, 0.4) is 0 Å². The highest BCUT2D eigenvalue weighted by Gasteiger charge is 2.27. The van der Waals surface area contributed by atoms with Crippen molar-refractivity contribution in [2.45, 2.75) is 65.0 Å². The molecular formula is C18H27NO2. The van der Waals surface area contributed by atoms with Crippen molar-refractivity contribution in [3.05, 3.63) is 34.9 Å². The lowest BCUT2D eigenvalue weighted by molar-refractivity contribution is 0.0606. The van der Waals surface area contributed by atoms with Crippen molar-refractivity contribution in [2.24, 2.45) is 0 Å². The van der Waals surface area contributed by atoms with E-state index in [1.54, 1.807) is 0 Å². The third-order valence-corrected chi connectivity index (χ3v) is 4.36. The van der Waals surface area contributed by atoms with Crippen molar-refractivity contribution < 1.29 is 9.90 Å². The normalized spacial score (nSPS) is 21.0. The van der Waals surface area contributed by atoms with Crippen LogP contribution in [0.5, 0.6) is 0 Å². The van der Waals surface area contributed by atoms with E-state index >= 15 is 0 Å². The van der Waals surface area contributed by atoms with Gasteiger partial charge in [0, 0.05) is 18.2 Å². The maximum Gasteiger partial charge on any atom is 0.254 e. The summed E-state index contributed by atoms with van der Waals surface area (Å²) in [6.07, 6.45) is 4.70. The molecule has 0 spiro atoms. The highest BCUT2D eigenvalue weighted by molar-refractivity contribution is 5.96. The van der Waals surface area contributed by atoms with E-state index in [2.05, 4.69) is 6.07 Å². The molecule has 1 aromatic rings. The summed E-state index contributed by atoms with van der Waals surface area (Å²) < 4.78 is 0. The Balaban J connectivity index is 2.24. The molecule has 1 heterocycles. The lowest BCUT2D eigenvalue weighted by atomic mass is 10.0. The molecule has 2 atom stereocenters. The summed E-state index contributed by atoms with van der Waals surface area (Å²) in [5.74, 6) is 0.125. The molecule has 1 N–H and O–H groups in total. The number of rotatable bonds is 3. The van der Waals surface area contributed by atoms with Crippen molar-refractivity contribution in [1.29, 1.82) is 0 Å². The van der Waals surface area contributed by atoms with Crippen LogP contribution in [-0.2, 0) is 0 Å². The molecule has 1 aliphatic heterocycles. The van der Waals surface area contributed by atoms with E-state index in [1.807, 2.05) is 37.8 Å². The minimum atomic E-state index is -0.359. The van der Waals surface area contributed by atoms with Crippen molar-refractivity contribution in [2.75, 3.05) is 6.54 Å². The Morgan fingerprint density at radius 3 is 2.76 bits per heavy atom. The molecule has 0 bridgehead atoms. The summed E-state index contributed by atoms with van der Waals surface area (Å²) in [5, 5.41) is 9.72. The zero-order chi connectivity index (χ0) is 15.4. The van der Waals surface area contributed by atoms with E-state index in [-0.39, 0.29) is 18.1 Å². The topological polar surface area (TPSA) is 40.5 Å². The fourth-order valence-corrected chi connectivity index (χ4v) is 3.29. The van der Waals surface area contributed by atoms with E-state index in [0.717, 1.165) is 36.9 Å². The molecule has 2 unspecified atom stereocenters. The summed E-state index contributed by atoms with van der Waals surface area (Å²) in [6, 6.07) is 6.18. The van der Waals surface area contributed by atoms with Crippen LogP contribution in [0.2, 0.25) is 0 Å². The SMILES string of the molecule is Cc1ccc(C(=O)N2CCCCCC2CC(C)O)c(C)c1. The summed E-state index contributed by atoms with van der Waals surface area (Å²) in [5.41, 5.74) is 3.03. The number of aliphatic hydroxyl groups is 1. The van der Waals surface area contributed by atoms with Gasteiger partial charge in [0.15, 0.2) is 0 Å². The zero-order valence-corrected chi connectivity index (χ0v) is 13.4. The molecule has 0 aromatic heterocycles. The van der Waals surface area contributed by atoms with Gasteiger partial charge in [-0.3, -0.25) is 4.79 Å². The van der Waals surface area contributed by atoms with Gasteiger partial charge < -0.3 is 10.0 Å². The Morgan fingerprint density at radius 1 is 1.33 bits per heavy atom. The molecule has 1 fully saturated rings. The molecule has 1 aliphatic rings. The Morgan fingerprint density at radius 2 is 2.10 bits per heavy atom. The van der Waals surface area contributed by atoms with Crippen molar-refractivity contribution >= 4 is 5.91 Å². The van der Waals surface area contributed by atoms with Crippen LogP contribution < -0.4 is 0 Å². The van der Waals surface area contributed by atoms with Crippen LogP contribution >= 0.6 is 0 Å². The average molecular weight is 289 g/mol. The number of aryl methyl sites for hydroxylation is 2. The van der Waals surface area contributed by atoms with Gasteiger partial charge >= 0.3 is 0 Å². The molecule has 2 rings (SSSR count). The molecular weight excluding hydrogens is 262 g/mol. The van der Waals surface area contributed by atoms with Gasteiger partial charge in [-0.15, -0.1) is 0 Å². The molecule has 3 nitrogen and oxygen atoms in total. The standard InChI is InChI=1S/C18H27NO2/c1-13-8-9-17(14(2)11-13)18(21)19-10-6-4-5-7-16(19)12-15(3)20/h8-9,11,15-16,20H,4-7,10,12H2,1-3H3. The summed E-state index contributed by atoms with van der Waals surface area (Å²) in [4.78, 5) is 14.9. The molecule has 1 aromatic carbocycles. The third kappa shape index (κ3) is 4.07. The first-order chi connectivity index (χ1) is 9.99. The fraction of sp³-hybridized carbons (Fsp3) is 0.611. The average Bonchev–Trinajstić information content (AvgIpc) is 2.63. The van der Waals surface area contributed by atoms with Crippen LogP contribution in [0, 0.1) is 13.8 Å². The number of aliphatic hydroxyl groups excluding tert-OH is 1. The number of hydrogen-bond acceptors (Lipinski definition) is 2. The molecule has 3 heteroatoms. The molecule has 0 saturated carbocycles. The third-order valence-electron chi connectivity index (χ3n) is 4.36. The number of hydrogen-bond donors (Lipinski definition) is 1. The summed E-state index contributed by atoms with van der Waals surface area (Å²) >= 11 is 0. The van der Waals surface area contributed by atoms with Gasteiger partial charge in [-0.05, 0) is 51.7 Å². The maximum atomic E-state index is 12.9. The summed E-state index contributed by atoms with van der Waals surface area (Å²) in [6.45, 7) is 6.67. The first kappa shape index (κ1) is 16.0. The van der Waals surface area contributed by atoms with Gasteiger partial charge in [-0.2, -0.15) is 0 Å². The van der Waals surface area contributed by atoms with E-state index in [0.29, 0.717) is 6.42 Å². The van der Waals surface area contributed by atoms with Gasteiger partial charge in [-0.1, -0.05) is 30.5 Å². The van der Waals surface area contributed by atoms with Gasteiger partial charge in [0.05, 0.1) is 6.10 Å². The highest BCUT2D eigenvalue weighted by atomic mass is 16.3. The van der Waals surface area contributed by atoms with Gasteiger partial charge in [-0.25, -0.2) is 0 Å². The van der Waals surface area contributed by atoms with E-state index in [4.69, 9.17) is 0 Å². The summed E-state index contributed by atoms with van der Waals surface area (Å²) in [7, 11) is 0. The Hall–Kier alpha value is -1.35. The van der Waals surface area contributed by atoms with Crippen LogP contribution in [0.1, 0.15) is 60.5 Å². The second kappa shape index (κ2) is 7.08. The molecule has 21 heavy (non-hydrogen) atoms. The van der Waals surface area contributed by atoms with Crippen LogP contribution in [0.4, 0.5) is 0 Å². The molecule has 1 amide bonds. The number of amides is 1. The second-order valence-electron chi connectivity index (χ2n) is 6.40. The van der Waals surface area contributed by atoms with E-state index in [1.165, 1.54) is 12.0 Å². The van der Waals surface area contributed by atoms with Crippen molar-refractivity contribution in [3.63, 3.8) is 0 Å². The van der Waals surface area contributed by atoms with Crippen LogP contribution in [0.25, 0.3) is 0 Å². The van der Waals surface area contributed by atoms with Gasteiger partial charge in [0.25, 0.3) is 5.91 Å². The zero-order valence-electron chi connectivity index (χ0n) is 13.4. The quantitative estimate of drug-likeness (QED) is 0.925. The van der Waals surface area contributed by atoms with E-state index in [9.17, 15) is 9.90 Å². The predicted molar refractivity (Wildman–Crippen MR) is 85.5 cm³/mol. The largest absolute Gasteiger partial charge is 0.393 e. The van der Waals surface area contributed by atoms with Gasteiger partial charge in [0.2, 0.25) is 0 Å². The fourth-order valence-electron chi connectivity index (χ4n) is 3.29. The number of likely N-dealkylation sites (tertiary alicyclic amines) is 1. The molecule has 0 aliphatic carbocycles. The minimum Gasteiger partial charge on any atom is -0.393 e. The Bertz CT molecular complexity index is 496. The van der Waals surface area contributed by atoms with E-state index < -0.39 is 0 Å². The smallest absolute Gasteiger partial charge is 0.254 e. The first-order valence-electron chi connectivity index (χ1n) is 8.05. The molecule has 1 saturated heterocycles. The lowest BCUT2D eigenvalue weighted by Crippen LogP contribution is -2.41. The number of carbonyl (C=O) groups is 1. The highest BCUT2D eigenvalue weighted by Crippen LogP contribution is 2.24. The van der Waals surface area contributed by atoms with Crippen molar-refractivity contribution in [3.8, 4) is 0 Å². The number of nitrogens with zero attached hydrogens (tertiary/aromatic N) is 1.